The SMILES string of the molecule is CCC(CC)NC(=O)N[C@H](CC[C@H](Cc1ccccc1)NC(=O)OCc1cncs1)Cc1ccccc1. The van der Waals surface area contributed by atoms with E-state index in [1.54, 1.807) is 11.7 Å². The lowest BCUT2D eigenvalue weighted by molar-refractivity contribution is 0.135. The van der Waals surface area contributed by atoms with Crippen molar-refractivity contribution < 1.29 is 14.3 Å². The Balaban J connectivity index is 1.65. The van der Waals surface area contributed by atoms with E-state index < -0.39 is 6.09 Å². The number of amides is 3. The predicted molar refractivity (Wildman–Crippen MR) is 149 cm³/mol. The molecule has 0 aliphatic heterocycles. The van der Waals surface area contributed by atoms with Crippen LogP contribution in [-0.4, -0.2) is 35.2 Å². The van der Waals surface area contributed by atoms with Gasteiger partial charge in [0.05, 0.1) is 10.4 Å². The van der Waals surface area contributed by atoms with Crippen molar-refractivity contribution >= 4 is 23.5 Å². The molecule has 198 valence electrons. The number of alkyl carbamates (subject to hydrolysis) is 1. The molecule has 0 fully saturated rings. The Kier molecular flexibility index (Phi) is 11.9. The number of rotatable bonds is 14. The van der Waals surface area contributed by atoms with E-state index >= 15 is 0 Å². The molecule has 0 radical (unpaired) electrons. The van der Waals surface area contributed by atoms with Gasteiger partial charge < -0.3 is 20.7 Å². The minimum absolute atomic E-state index is 0.0787. The van der Waals surface area contributed by atoms with E-state index in [0.717, 1.165) is 28.8 Å². The summed E-state index contributed by atoms with van der Waals surface area (Å²) in [6, 6.07) is 20.0. The molecule has 3 rings (SSSR count). The topological polar surface area (TPSA) is 92.4 Å². The first-order valence-corrected chi connectivity index (χ1v) is 13.9. The van der Waals surface area contributed by atoms with E-state index in [1.807, 2.05) is 36.4 Å². The smallest absolute Gasteiger partial charge is 0.407 e. The molecule has 0 bridgehead atoms. The Morgan fingerprint density at radius 2 is 1.35 bits per heavy atom. The molecule has 0 saturated carbocycles. The molecule has 0 aliphatic rings. The molecule has 0 spiro atoms. The maximum atomic E-state index is 12.8. The highest BCUT2D eigenvalue weighted by Crippen LogP contribution is 2.14. The summed E-state index contributed by atoms with van der Waals surface area (Å²) in [5.41, 5.74) is 4.01. The largest absolute Gasteiger partial charge is 0.444 e. The zero-order valence-corrected chi connectivity index (χ0v) is 22.5. The van der Waals surface area contributed by atoms with Crippen LogP contribution >= 0.6 is 11.3 Å². The molecular weight excluding hydrogens is 484 g/mol. The zero-order chi connectivity index (χ0) is 26.3. The maximum Gasteiger partial charge on any atom is 0.407 e. The lowest BCUT2D eigenvalue weighted by atomic mass is 9.96. The summed E-state index contributed by atoms with van der Waals surface area (Å²) in [7, 11) is 0. The van der Waals surface area contributed by atoms with Gasteiger partial charge in [-0.05, 0) is 49.7 Å². The quantitative estimate of drug-likeness (QED) is 0.247. The molecule has 3 N–H and O–H groups in total. The molecule has 1 aromatic heterocycles. The Hall–Kier alpha value is -3.39. The van der Waals surface area contributed by atoms with Gasteiger partial charge in [0.1, 0.15) is 6.61 Å². The third-order valence-corrected chi connectivity index (χ3v) is 7.07. The average molecular weight is 523 g/mol. The summed E-state index contributed by atoms with van der Waals surface area (Å²) in [6.45, 7) is 4.34. The van der Waals surface area contributed by atoms with E-state index in [4.69, 9.17) is 4.74 Å². The third-order valence-electron chi connectivity index (χ3n) is 6.32. The number of carbonyl (C=O) groups excluding carboxylic acids is 2. The van der Waals surface area contributed by atoms with Crippen molar-refractivity contribution in [3.63, 3.8) is 0 Å². The van der Waals surface area contributed by atoms with Gasteiger partial charge in [-0.3, -0.25) is 4.98 Å². The Labute approximate surface area is 224 Å². The van der Waals surface area contributed by atoms with Crippen LogP contribution in [0.25, 0.3) is 0 Å². The van der Waals surface area contributed by atoms with Gasteiger partial charge in [-0.1, -0.05) is 74.5 Å². The first kappa shape index (κ1) is 28.2. The highest BCUT2D eigenvalue weighted by atomic mass is 32.1. The van der Waals surface area contributed by atoms with Gasteiger partial charge in [0, 0.05) is 24.3 Å². The number of aromatic nitrogens is 1. The lowest BCUT2D eigenvalue weighted by Crippen LogP contribution is -2.47. The number of hydrogen-bond acceptors (Lipinski definition) is 5. The fourth-order valence-electron chi connectivity index (χ4n) is 4.21. The monoisotopic (exact) mass is 522 g/mol. The highest BCUT2D eigenvalue weighted by Gasteiger charge is 2.20. The third kappa shape index (κ3) is 10.6. The average Bonchev–Trinajstić information content (AvgIpc) is 3.44. The van der Waals surface area contributed by atoms with Crippen LogP contribution in [0.15, 0.2) is 72.4 Å². The number of urea groups is 1. The molecule has 2 aromatic carbocycles. The molecule has 1 heterocycles. The lowest BCUT2D eigenvalue weighted by Gasteiger charge is -2.25. The van der Waals surface area contributed by atoms with Crippen LogP contribution < -0.4 is 16.0 Å². The second kappa shape index (κ2) is 15.7. The summed E-state index contributed by atoms with van der Waals surface area (Å²) >= 11 is 1.45. The van der Waals surface area contributed by atoms with E-state index in [2.05, 4.69) is 59.0 Å². The zero-order valence-electron chi connectivity index (χ0n) is 21.7. The van der Waals surface area contributed by atoms with Crippen LogP contribution in [0.4, 0.5) is 9.59 Å². The second-order valence-electron chi connectivity index (χ2n) is 9.17. The van der Waals surface area contributed by atoms with Gasteiger partial charge in [-0.25, -0.2) is 9.59 Å². The Morgan fingerprint density at radius 1 is 0.811 bits per heavy atom. The first-order chi connectivity index (χ1) is 18.1. The van der Waals surface area contributed by atoms with Gasteiger partial charge in [-0.2, -0.15) is 0 Å². The molecule has 0 aliphatic carbocycles. The van der Waals surface area contributed by atoms with Crippen molar-refractivity contribution in [2.45, 2.75) is 77.1 Å². The molecule has 0 saturated heterocycles. The van der Waals surface area contributed by atoms with Gasteiger partial charge in [0.25, 0.3) is 0 Å². The van der Waals surface area contributed by atoms with E-state index in [0.29, 0.717) is 25.7 Å². The van der Waals surface area contributed by atoms with Gasteiger partial charge >= 0.3 is 12.1 Å². The summed E-state index contributed by atoms with van der Waals surface area (Å²) in [5.74, 6) is 0. The normalized spacial score (nSPS) is 12.5. The molecular formula is C29H38N4O3S. The van der Waals surface area contributed by atoms with Crippen LogP contribution in [0.1, 0.15) is 55.5 Å². The van der Waals surface area contributed by atoms with Crippen molar-refractivity contribution in [3.8, 4) is 0 Å². The van der Waals surface area contributed by atoms with Crippen LogP contribution in [0.2, 0.25) is 0 Å². The maximum absolute atomic E-state index is 12.8. The summed E-state index contributed by atoms with van der Waals surface area (Å²) < 4.78 is 5.43. The fourth-order valence-corrected chi connectivity index (χ4v) is 4.72. The Bertz CT molecular complexity index is 1040. The highest BCUT2D eigenvalue weighted by molar-refractivity contribution is 7.09. The van der Waals surface area contributed by atoms with E-state index in [1.165, 1.54) is 11.3 Å². The summed E-state index contributed by atoms with van der Waals surface area (Å²) in [5, 5.41) is 9.31. The number of ether oxygens (including phenoxy) is 1. The van der Waals surface area contributed by atoms with Crippen LogP contribution in [-0.2, 0) is 24.2 Å². The predicted octanol–water partition coefficient (Wildman–Crippen LogP) is 5.86. The van der Waals surface area contributed by atoms with Crippen molar-refractivity contribution in [2.24, 2.45) is 0 Å². The Morgan fingerprint density at radius 3 is 1.86 bits per heavy atom. The van der Waals surface area contributed by atoms with Gasteiger partial charge in [0.2, 0.25) is 0 Å². The molecule has 2 atom stereocenters. The summed E-state index contributed by atoms with van der Waals surface area (Å²) in [6.07, 6.45) is 5.81. The standard InChI is InChI=1S/C29H38N4O3S/c1-3-24(4-2)31-28(34)32-25(17-22-11-7-5-8-12-22)15-16-26(18-23-13-9-6-10-14-23)33-29(35)36-20-27-19-30-21-37-27/h5-14,19,21,24-26H,3-4,15-18,20H2,1-2H3,(H,33,35)(H2,31,32,34)/t25-,26-/m1/s1. The minimum Gasteiger partial charge on any atom is -0.444 e. The van der Waals surface area contributed by atoms with Crippen molar-refractivity contribution in [2.75, 3.05) is 0 Å². The van der Waals surface area contributed by atoms with Gasteiger partial charge in [0.15, 0.2) is 0 Å². The van der Waals surface area contributed by atoms with Crippen LogP contribution in [0.3, 0.4) is 0 Å². The second-order valence-corrected chi connectivity index (χ2v) is 10.1. The van der Waals surface area contributed by atoms with E-state index in [-0.39, 0.29) is 30.8 Å². The van der Waals surface area contributed by atoms with Crippen molar-refractivity contribution in [1.82, 2.24) is 20.9 Å². The number of thiazole rings is 1. The number of nitrogens with one attached hydrogen (secondary N) is 3. The first-order valence-electron chi connectivity index (χ1n) is 13.0. The van der Waals surface area contributed by atoms with Gasteiger partial charge in [-0.15, -0.1) is 11.3 Å². The fraction of sp³-hybridized carbons (Fsp3) is 0.414. The number of benzene rings is 2. The van der Waals surface area contributed by atoms with E-state index in [9.17, 15) is 9.59 Å². The van der Waals surface area contributed by atoms with Crippen molar-refractivity contribution in [3.05, 3.63) is 88.4 Å². The number of hydrogen-bond donors (Lipinski definition) is 3. The molecule has 3 aromatic rings. The molecule has 3 amide bonds. The van der Waals surface area contributed by atoms with Crippen LogP contribution in [0.5, 0.6) is 0 Å². The number of carbonyl (C=O) groups is 2. The van der Waals surface area contributed by atoms with Crippen molar-refractivity contribution in [1.29, 1.82) is 0 Å². The summed E-state index contributed by atoms with van der Waals surface area (Å²) in [4.78, 5) is 30.3. The number of nitrogens with zero attached hydrogens (tertiary/aromatic N) is 1. The molecule has 8 heteroatoms. The minimum atomic E-state index is -0.451. The molecule has 37 heavy (non-hydrogen) atoms. The molecule has 0 unspecified atom stereocenters. The van der Waals surface area contributed by atoms with Crippen LogP contribution in [0, 0.1) is 0 Å². The molecule has 7 nitrogen and oxygen atoms in total.